The van der Waals surface area contributed by atoms with Gasteiger partial charge in [-0.3, -0.25) is 4.79 Å². The maximum atomic E-state index is 12.4. The van der Waals surface area contributed by atoms with Crippen LogP contribution in [0.25, 0.3) is 0 Å². The highest BCUT2D eigenvalue weighted by atomic mass is 19.4. The van der Waals surface area contributed by atoms with E-state index < -0.39 is 11.7 Å². The number of piperidine rings is 1. The van der Waals surface area contributed by atoms with E-state index in [1.54, 1.807) is 4.90 Å². The summed E-state index contributed by atoms with van der Waals surface area (Å²) in [6, 6.07) is 4.27. The van der Waals surface area contributed by atoms with E-state index in [0.29, 0.717) is 13.1 Å². The molecule has 1 aromatic rings. The molecular weight excluding hydrogens is 271 g/mol. The first-order valence-corrected chi connectivity index (χ1v) is 6.49. The predicted octanol–water partition coefficient (Wildman–Crippen LogP) is 2.55. The van der Waals surface area contributed by atoms with Crippen LogP contribution in [-0.2, 0) is 6.18 Å². The van der Waals surface area contributed by atoms with Gasteiger partial charge in [-0.25, -0.2) is 0 Å². The fraction of sp³-hybridized carbons (Fsp3) is 0.500. The van der Waals surface area contributed by atoms with Crippen LogP contribution in [0.1, 0.15) is 28.8 Å². The molecular formula is C14H16F3NO2. The fourth-order valence-corrected chi connectivity index (χ4v) is 2.30. The summed E-state index contributed by atoms with van der Waals surface area (Å²) in [5.74, 6) is -0.0400. The van der Waals surface area contributed by atoms with Gasteiger partial charge < -0.3 is 10.0 Å². The number of likely N-dealkylation sites (tertiary alicyclic amines) is 1. The Labute approximate surface area is 115 Å². The Bertz CT molecular complexity index is 462. The predicted molar refractivity (Wildman–Crippen MR) is 67.2 cm³/mol. The van der Waals surface area contributed by atoms with Crippen molar-refractivity contribution >= 4 is 5.91 Å². The molecule has 1 N–H and O–H groups in total. The summed E-state index contributed by atoms with van der Waals surface area (Å²) >= 11 is 0. The summed E-state index contributed by atoms with van der Waals surface area (Å²) in [5.41, 5.74) is -0.492. The van der Waals surface area contributed by atoms with Crippen LogP contribution in [0.15, 0.2) is 24.3 Å². The number of aliphatic hydroxyl groups excluding tert-OH is 1. The van der Waals surface area contributed by atoms with Crippen LogP contribution in [0.4, 0.5) is 13.2 Å². The van der Waals surface area contributed by atoms with Crippen molar-refractivity contribution in [3.05, 3.63) is 35.4 Å². The number of rotatable bonds is 2. The zero-order chi connectivity index (χ0) is 14.8. The lowest BCUT2D eigenvalue weighted by atomic mass is 9.97. The SMILES string of the molecule is O=C(c1ccc(C(F)(F)F)cc1)N1CCC(CO)CC1. The number of carbonyl (C=O) groups excluding carboxylic acids is 1. The average molecular weight is 287 g/mol. The highest BCUT2D eigenvalue weighted by molar-refractivity contribution is 5.94. The Morgan fingerprint density at radius 3 is 2.20 bits per heavy atom. The van der Waals surface area contributed by atoms with Crippen LogP contribution in [0.5, 0.6) is 0 Å². The molecule has 0 bridgehead atoms. The van der Waals surface area contributed by atoms with E-state index in [-0.39, 0.29) is 24.0 Å². The van der Waals surface area contributed by atoms with Crippen molar-refractivity contribution < 1.29 is 23.1 Å². The number of carbonyl (C=O) groups is 1. The molecule has 1 heterocycles. The lowest BCUT2D eigenvalue weighted by Crippen LogP contribution is -2.39. The molecule has 3 nitrogen and oxygen atoms in total. The molecule has 1 aliphatic rings. The molecule has 0 atom stereocenters. The number of hydrogen-bond donors (Lipinski definition) is 1. The molecule has 1 aromatic carbocycles. The number of nitrogens with zero attached hydrogens (tertiary/aromatic N) is 1. The number of halogens is 3. The molecule has 0 aliphatic carbocycles. The van der Waals surface area contributed by atoms with Crippen molar-refractivity contribution in [2.75, 3.05) is 19.7 Å². The molecule has 0 aromatic heterocycles. The van der Waals surface area contributed by atoms with E-state index in [2.05, 4.69) is 0 Å². The first kappa shape index (κ1) is 14.8. The van der Waals surface area contributed by atoms with E-state index in [4.69, 9.17) is 5.11 Å². The molecule has 0 unspecified atom stereocenters. The molecule has 20 heavy (non-hydrogen) atoms. The zero-order valence-electron chi connectivity index (χ0n) is 10.9. The molecule has 0 saturated carbocycles. The molecule has 1 amide bonds. The maximum Gasteiger partial charge on any atom is 0.416 e. The lowest BCUT2D eigenvalue weighted by Gasteiger charge is -2.31. The van der Waals surface area contributed by atoms with Gasteiger partial charge in [0.05, 0.1) is 5.56 Å². The third-order valence-corrected chi connectivity index (χ3v) is 3.62. The van der Waals surface area contributed by atoms with Crippen LogP contribution in [0.3, 0.4) is 0 Å². The highest BCUT2D eigenvalue weighted by Gasteiger charge is 2.30. The molecule has 1 fully saturated rings. The number of benzene rings is 1. The van der Waals surface area contributed by atoms with Gasteiger partial charge in [0, 0.05) is 25.3 Å². The molecule has 1 saturated heterocycles. The lowest BCUT2D eigenvalue weighted by molar-refractivity contribution is -0.137. The van der Waals surface area contributed by atoms with E-state index in [0.717, 1.165) is 25.0 Å². The highest BCUT2D eigenvalue weighted by Crippen LogP contribution is 2.29. The van der Waals surface area contributed by atoms with E-state index in [1.807, 2.05) is 0 Å². The number of amides is 1. The van der Waals surface area contributed by atoms with Gasteiger partial charge in [0.15, 0.2) is 0 Å². The van der Waals surface area contributed by atoms with Gasteiger partial charge in [-0.1, -0.05) is 0 Å². The third kappa shape index (κ3) is 3.30. The van der Waals surface area contributed by atoms with Crippen LogP contribution in [-0.4, -0.2) is 35.6 Å². The quantitative estimate of drug-likeness (QED) is 0.908. The van der Waals surface area contributed by atoms with Gasteiger partial charge >= 0.3 is 6.18 Å². The van der Waals surface area contributed by atoms with Crippen molar-refractivity contribution in [1.82, 2.24) is 4.90 Å². The number of alkyl halides is 3. The second-order valence-electron chi connectivity index (χ2n) is 4.99. The Kier molecular flexibility index (Phi) is 4.32. The third-order valence-electron chi connectivity index (χ3n) is 3.62. The van der Waals surface area contributed by atoms with Crippen molar-refractivity contribution in [3.8, 4) is 0 Å². The summed E-state index contributed by atoms with van der Waals surface area (Å²) < 4.78 is 37.3. The summed E-state index contributed by atoms with van der Waals surface area (Å²) in [6.07, 6.45) is -2.94. The van der Waals surface area contributed by atoms with Gasteiger partial charge in [-0.15, -0.1) is 0 Å². The smallest absolute Gasteiger partial charge is 0.396 e. The molecule has 110 valence electrons. The summed E-state index contributed by atoms with van der Waals surface area (Å²) in [7, 11) is 0. The van der Waals surface area contributed by atoms with E-state index >= 15 is 0 Å². The first-order valence-electron chi connectivity index (χ1n) is 6.49. The first-order chi connectivity index (χ1) is 9.41. The minimum atomic E-state index is -4.39. The topological polar surface area (TPSA) is 40.5 Å². The summed E-state index contributed by atoms with van der Waals surface area (Å²) in [4.78, 5) is 13.8. The van der Waals surface area contributed by atoms with Gasteiger partial charge in [0.1, 0.15) is 0 Å². The molecule has 6 heteroatoms. The maximum absolute atomic E-state index is 12.4. The Hall–Kier alpha value is -1.56. The van der Waals surface area contributed by atoms with Crippen molar-refractivity contribution in [3.63, 3.8) is 0 Å². The Morgan fingerprint density at radius 2 is 1.75 bits per heavy atom. The van der Waals surface area contributed by atoms with Crippen molar-refractivity contribution in [1.29, 1.82) is 0 Å². The van der Waals surface area contributed by atoms with Crippen LogP contribution in [0.2, 0.25) is 0 Å². The number of hydrogen-bond acceptors (Lipinski definition) is 2. The minimum Gasteiger partial charge on any atom is -0.396 e. The Balaban J connectivity index is 2.03. The van der Waals surface area contributed by atoms with E-state index in [1.165, 1.54) is 12.1 Å². The van der Waals surface area contributed by atoms with Crippen LogP contribution < -0.4 is 0 Å². The average Bonchev–Trinajstić information content (AvgIpc) is 2.46. The molecule has 2 rings (SSSR count). The second kappa shape index (κ2) is 5.83. The van der Waals surface area contributed by atoms with Crippen molar-refractivity contribution in [2.24, 2.45) is 5.92 Å². The normalized spacial score (nSPS) is 17.3. The summed E-state index contributed by atoms with van der Waals surface area (Å²) in [5, 5.41) is 9.03. The van der Waals surface area contributed by atoms with Gasteiger partial charge in [-0.05, 0) is 43.0 Å². The molecule has 1 aliphatic heterocycles. The van der Waals surface area contributed by atoms with Gasteiger partial charge in [-0.2, -0.15) is 13.2 Å². The van der Waals surface area contributed by atoms with Crippen molar-refractivity contribution in [2.45, 2.75) is 19.0 Å². The fourth-order valence-electron chi connectivity index (χ4n) is 2.30. The zero-order valence-corrected chi connectivity index (χ0v) is 10.9. The standard InChI is InChI=1S/C14H16F3NO2/c15-14(16,17)12-3-1-11(2-4-12)13(20)18-7-5-10(9-19)6-8-18/h1-4,10,19H,5-9H2. The molecule has 0 spiro atoms. The van der Waals surface area contributed by atoms with Crippen LogP contribution in [0, 0.1) is 5.92 Å². The van der Waals surface area contributed by atoms with E-state index in [9.17, 15) is 18.0 Å². The Morgan fingerprint density at radius 1 is 1.20 bits per heavy atom. The second-order valence-corrected chi connectivity index (χ2v) is 4.99. The largest absolute Gasteiger partial charge is 0.416 e. The monoisotopic (exact) mass is 287 g/mol. The molecule has 0 radical (unpaired) electrons. The van der Waals surface area contributed by atoms with Gasteiger partial charge in [0.25, 0.3) is 5.91 Å². The number of aliphatic hydroxyl groups is 1. The van der Waals surface area contributed by atoms with Crippen LogP contribution >= 0.6 is 0 Å². The minimum absolute atomic E-state index is 0.113. The van der Waals surface area contributed by atoms with Gasteiger partial charge in [0.2, 0.25) is 0 Å². The summed E-state index contributed by atoms with van der Waals surface area (Å²) in [6.45, 7) is 1.18.